The van der Waals surface area contributed by atoms with E-state index in [0.717, 1.165) is 17.1 Å². The van der Waals surface area contributed by atoms with Crippen molar-refractivity contribution in [1.29, 1.82) is 0 Å². The highest BCUT2D eigenvalue weighted by Gasteiger charge is 2.19. The van der Waals surface area contributed by atoms with Gasteiger partial charge in [-0.3, -0.25) is 0 Å². The minimum atomic E-state index is 1.12. The monoisotopic (exact) mass is 603 g/mol. The molecule has 0 fully saturated rings. The van der Waals surface area contributed by atoms with Crippen molar-refractivity contribution in [3.05, 3.63) is 176 Å². The van der Waals surface area contributed by atoms with Crippen molar-refractivity contribution in [3.63, 3.8) is 0 Å². The van der Waals surface area contributed by atoms with Gasteiger partial charge in [0.2, 0.25) is 0 Å². The molecule has 9 rings (SSSR count). The molecule has 8 aromatic carbocycles. The topological polar surface area (TPSA) is 3.24 Å². The summed E-state index contributed by atoms with van der Waals surface area (Å²) in [6, 6.07) is 63.9. The van der Waals surface area contributed by atoms with E-state index in [1.807, 2.05) is 11.3 Å². The Labute approximate surface area is 272 Å². The minimum absolute atomic E-state index is 1.12. The smallest absolute Gasteiger partial charge is 0.0540 e. The van der Waals surface area contributed by atoms with Crippen LogP contribution in [0.5, 0.6) is 0 Å². The number of thiophene rings is 1. The van der Waals surface area contributed by atoms with E-state index in [9.17, 15) is 0 Å². The van der Waals surface area contributed by atoms with E-state index in [4.69, 9.17) is 0 Å². The fraction of sp³-hybridized carbons (Fsp3) is 0. The summed E-state index contributed by atoms with van der Waals surface area (Å²) in [5, 5.41) is 7.69. The van der Waals surface area contributed by atoms with Crippen molar-refractivity contribution in [2.24, 2.45) is 0 Å². The van der Waals surface area contributed by atoms with Crippen LogP contribution in [0.4, 0.5) is 17.1 Å². The molecule has 0 amide bonds. The summed E-state index contributed by atoms with van der Waals surface area (Å²) >= 11 is 1.88. The van der Waals surface area contributed by atoms with E-state index in [0.29, 0.717) is 0 Å². The number of nitrogens with zero attached hydrogens (tertiary/aromatic N) is 1. The van der Waals surface area contributed by atoms with Crippen LogP contribution in [0.25, 0.3) is 64.0 Å². The fourth-order valence-electron chi connectivity index (χ4n) is 6.77. The third-order valence-corrected chi connectivity index (χ3v) is 10.3. The quantitative estimate of drug-likeness (QED) is 0.189. The standard InChI is InChI=1S/C44H29NS/c1-2-10-30(11-3-1)32-20-23-36(24-21-32)45(42-16-8-6-14-38(42)34-19-18-31-12-4-5-13-33(31)28-34)37-25-27-39-35(29-37)22-26-41-40-15-7-9-17-43(40)46-44(39)41/h1-29H. The zero-order chi connectivity index (χ0) is 30.5. The molecule has 0 aliphatic heterocycles. The number of para-hydroxylation sites is 1. The number of hydrogen-bond donors (Lipinski definition) is 0. The van der Waals surface area contributed by atoms with E-state index in [-0.39, 0.29) is 0 Å². The van der Waals surface area contributed by atoms with Crippen LogP contribution in [-0.2, 0) is 0 Å². The second-order valence-corrected chi connectivity index (χ2v) is 12.8. The third-order valence-electron chi connectivity index (χ3n) is 9.04. The van der Waals surface area contributed by atoms with Crippen molar-refractivity contribution in [1.82, 2.24) is 0 Å². The van der Waals surface area contributed by atoms with Crippen molar-refractivity contribution >= 4 is 70.1 Å². The van der Waals surface area contributed by atoms with Crippen LogP contribution in [-0.4, -0.2) is 0 Å². The Morgan fingerprint density at radius 1 is 0.370 bits per heavy atom. The van der Waals surface area contributed by atoms with Gasteiger partial charge in [-0.2, -0.15) is 0 Å². The van der Waals surface area contributed by atoms with Gasteiger partial charge in [0.15, 0.2) is 0 Å². The largest absolute Gasteiger partial charge is 0.310 e. The van der Waals surface area contributed by atoms with E-state index < -0.39 is 0 Å². The van der Waals surface area contributed by atoms with Gasteiger partial charge in [0, 0.05) is 37.1 Å². The Hall–Kier alpha value is -5.70. The molecule has 0 atom stereocenters. The van der Waals surface area contributed by atoms with Crippen molar-refractivity contribution in [2.75, 3.05) is 4.90 Å². The molecule has 1 nitrogen and oxygen atoms in total. The van der Waals surface area contributed by atoms with Gasteiger partial charge in [-0.25, -0.2) is 0 Å². The Bertz CT molecular complexity index is 2530. The second kappa shape index (κ2) is 11.0. The first-order valence-electron chi connectivity index (χ1n) is 15.7. The molecule has 1 heterocycles. The summed E-state index contributed by atoms with van der Waals surface area (Å²) in [6.45, 7) is 0. The van der Waals surface area contributed by atoms with Crippen molar-refractivity contribution in [3.8, 4) is 22.3 Å². The highest BCUT2D eigenvalue weighted by atomic mass is 32.1. The van der Waals surface area contributed by atoms with E-state index >= 15 is 0 Å². The van der Waals surface area contributed by atoms with Gasteiger partial charge in [0.1, 0.15) is 0 Å². The van der Waals surface area contributed by atoms with Crippen LogP contribution < -0.4 is 4.90 Å². The molecule has 0 aliphatic rings. The van der Waals surface area contributed by atoms with Crippen LogP contribution in [0, 0.1) is 0 Å². The van der Waals surface area contributed by atoms with E-state index in [2.05, 4.69) is 181 Å². The van der Waals surface area contributed by atoms with Gasteiger partial charge in [-0.15, -0.1) is 11.3 Å². The Balaban J connectivity index is 1.24. The molecule has 9 aromatic rings. The first kappa shape index (κ1) is 26.7. The molecule has 0 saturated heterocycles. The summed E-state index contributed by atoms with van der Waals surface area (Å²) in [7, 11) is 0. The van der Waals surface area contributed by atoms with Crippen molar-refractivity contribution in [2.45, 2.75) is 0 Å². The summed E-state index contributed by atoms with van der Waals surface area (Å²) in [4.78, 5) is 2.41. The molecule has 0 radical (unpaired) electrons. The van der Waals surface area contributed by atoms with Gasteiger partial charge >= 0.3 is 0 Å². The van der Waals surface area contributed by atoms with Crippen LogP contribution >= 0.6 is 11.3 Å². The zero-order valence-corrected chi connectivity index (χ0v) is 25.9. The number of benzene rings is 8. The van der Waals surface area contributed by atoms with E-state index in [1.165, 1.54) is 64.0 Å². The maximum absolute atomic E-state index is 2.41. The highest BCUT2D eigenvalue weighted by molar-refractivity contribution is 7.26. The fourth-order valence-corrected chi connectivity index (χ4v) is 8.01. The molecule has 2 heteroatoms. The second-order valence-electron chi connectivity index (χ2n) is 11.8. The van der Waals surface area contributed by atoms with Gasteiger partial charge < -0.3 is 4.90 Å². The normalized spacial score (nSPS) is 11.5. The SMILES string of the molecule is c1ccc(-c2ccc(N(c3ccc4c(ccc5c6ccccc6sc45)c3)c3ccccc3-c3ccc4ccccc4c3)cc2)cc1. The molecule has 0 spiro atoms. The Morgan fingerprint density at radius 2 is 1.02 bits per heavy atom. The maximum Gasteiger partial charge on any atom is 0.0540 e. The lowest BCUT2D eigenvalue weighted by Crippen LogP contribution is -2.11. The summed E-state index contributed by atoms with van der Waals surface area (Å²) in [5.74, 6) is 0. The minimum Gasteiger partial charge on any atom is -0.310 e. The molecule has 0 aliphatic carbocycles. The van der Waals surface area contributed by atoms with Gasteiger partial charge in [-0.05, 0) is 80.7 Å². The van der Waals surface area contributed by atoms with Crippen LogP contribution in [0.3, 0.4) is 0 Å². The molecule has 0 N–H and O–H groups in total. The number of rotatable bonds is 5. The summed E-state index contributed by atoms with van der Waals surface area (Å²) < 4.78 is 2.68. The van der Waals surface area contributed by atoms with Crippen LogP contribution in [0.2, 0.25) is 0 Å². The lowest BCUT2D eigenvalue weighted by Gasteiger charge is -2.28. The lowest BCUT2D eigenvalue weighted by atomic mass is 9.98. The number of anilines is 3. The van der Waals surface area contributed by atoms with E-state index in [1.54, 1.807) is 0 Å². The predicted molar refractivity (Wildman–Crippen MR) is 200 cm³/mol. The van der Waals surface area contributed by atoms with Gasteiger partial charge in [-0.1, -0.05) is 133 Å². The Kier molecular flexibility index (Phi) is 6.40. The molecular weight excluding hydrogens is 575 g/mol. The lowest BCUT2D eigenvalue weighted by molar-refractivity contribution is 1.29. The molecule has 0 saturated carbocycles. The maximum atomic E-state index is 2.41. The summed E-state index contributed by atoms with van der Waals surface area (Å²) in [5.41, 5.74) is 8.22. The molecule has 46 heavy (non-hydrogen) atoms. The third kappa shape index (κ3) is 4.54. The zero-order valence-electron chi connectivity index (χ0n) is 25.1. The average Bonchev–Trinajstić information content (AvgIpc) is 3.52. The van der Waals surface area contributed by atoms with Crippen molar-refractivity contribution < 1.29 is 0 Å². The number of hydrogen-bond acceptors (Lipinski definition) is 2. The van der Waals surface area contributed by atoms with Gasteiger partial charge in [0.25, 0.3) is 0 Å². The molecular formula is C44H29NS. The first-order valence-corrected chi connectivity index (χ1v) is 16.5. The molecule has 216 valence electrons. The number of fused-ring (bicyclic) bond motifs is 6. The predicted octanol–water partition coefficient (Wildman–Crippen LogP) is 13.2. The molecule has 1 aromatic heterocycles. The molecule has 0 bridgehead atoms. The Morgan fingerprint density at radius 3 is 1.91 bits per heavy atom. The van der Waals surface area contributed by atoms with Crippen LogP contribution in [0.1, 0.15) is 0 Å². The molecule has 0 unspecified atom stereocenters. The highest BCUT2D eigenvalue weighted by Crippen LogP contribution is 2.44. The van der Waals surface area contributed by atoms with Gasteiger partial charge in [0.05, 0.1) is 5.69 Å². The first-order chi connectivity index (χ1) is 22.8. The average molecular weight is 604 g/mol. The summed E-state index contributed by atoms with van der Waals surface area (Å²) in [6.07, 6.45) is 0. The van der Waals surface area contributed by atoms with Crippen LogP contribution in [0.15, 0.2) is 176 Å².